The molecule has 1 amide bonds. The number of carbonyl (C=O) groups excluding carboxylic acids is 6. The molecule has 0 aromatic heterocycles. The van der Waals surface area contributed by atoms with Crippen LogP contribution in [-0.4, -0.2) is 107 Å². The van der Waals surface area contributed by atoms with Gasteiger partial charge in [0.25, 0.3) is 0 Å². The zero-order valence-corrected chi connectivity index (χ0v) is 37.4. The van der Waals surface area contributed by atoms with Crippen molar-refractivity contribution in [2.24, 2.45) is 21.9 Å². The molecule has 2 saturated carbocycles. The van der Waals surface area contributed by atoms with Gasteiger partial charge in [0.15, 0.2) is 23.0 Å². The molecular formula is C47H56N2O15. The second-order valence-electron chi connectivity index (χ2n) is 17.6. The Morgan fingerprint density at radius 1 is 1.02 bits per heavy atom. The Balaban J connectivity index is 1.58. The van der Waals surface area contributed by atoms with E-state index in [0.29, 0.717) is 11.1 Å². The second-order valence-corrected chi connectivity index (χ2v) is 17.6. The maximum atomic E-state index is 15.5. The van der Waals surface area contributed by atoms with E-state index in [1.165, 1.54) is 53.0 Å². The molecule has 3 fully saturated rings. The van der Waals surface area contributed by atoms with E-state index in [0.717, 1.165) is 6.92 Å². The fourth-order valence-electron chi connectivity index (χ4n) is 10.3. The van der Waals surface area contributed by atoms with Gasteiger partial charge >= 0.3 is 23.9 Å². The number of esters is 4. The summed E-state index contributed by atoms with van der Waals surface area (Å²) in [4.78, 5) is 98.0. The number of rotatable bonds is 13. The maximum absolute atomic E-state index is 15.5. The van der Waals surface area contributed by atoms with Gasteiger partial charge in [-0.3, -0.25) is 19.2 Å². The normalized spacial score (nSPS) is 31.5. The van der Waals surface area contributed by atoms with Gasteiger partial charge in [-0.1, -0.05) is 68.4 Å². The summed E-state index contributed by atoms with van der Waals surface area (Å²) in [6.07, 6.45) is -9.32. The SMILES string of the molecule is C/C=C(\C)C(=O)N[C@@H](c1ccccc1)[C@@H](O)C(=O)O[C@H]1C[C@@]2(N=O)[C@@H](OC(=O)c3cccc(OC)c3)C3[C@](C)(C(=O)[C@H](O)C(=C1C)C2(C)C)[C@@H](OC(=O)CC)C[C@H]1OC[C@@]31OC(C)=O. The number of benzene rings is 2. The molecule has 2 aromatic carbocycles. The number of fused-ring (bicyclic) bond motifs is 5. The Morgan fingerprint density at radius 2 is 1.70 bits per heavy atom. The van der Waals surface area contributed by atoms with Crippen molar-refractivity contribution in [1.82, 2.24) is 5.32 Å². The number of amides is 1. The molecule has 6 rings (SSSR count). The van der Waals surface area contributed by atoms with Crippen molar-refractivity contribution in [2.45, 2.75) is 128 Å². The Morgan fingerprint density at radius 3 is 2.28 bits per heavy atom. The highest BCUT2D eigenvalue weighted by molar-refractivity contribution is 5.95. The van der Waals surface area contributed by atoms with Gasteiger partial charge in [0.1, 0.15) is 36.3 Å². The Labute approximate surface area is 370 Å². The fourth-order valence-corrected chi connectivity index (χ4v) is 10.3. The molecular weight excluding hydrogens is 833 g/mol. The number of Topliss-reactive ketones (excluding diaryl/α,β-unsaturated/α-hetero) is 1. The third-order valence-electron chi connectivity index (χ3n) is 14.0. The minimum Gasteiger partial charge on any atom is -0.497 e. The van der Waals surface area contributed by atoms with E-state index < -0.39 is 113 Å². The lowest BCUT2D eigenvalue weighted by atomic mass is 9.44. The van der Waals surface area contributed by atoms with Gasteiger partial charge in [0, 0.05) is 37.2 Å². The van der Waals surface area contributed by atoms with Crippen molar-refractivity contribution in [2.75, 3.05) is 13.7 Å². The van der Waals surface area contributed by atoms with Crippen LogP contribution in [0.3, 0.4) is 0 Å². The number of nitroso groups, excluding NO2 is 1. The number of hydrogen-bond acceptors (Lipinski definition) is 16. The number of nitrogens with one attached hydrogen (secondary N) is 1. The number of ether oxygens (including phenoxy) is 6. The number of aliphatic hydroxyl groups is 2. The van der Waals surface area contributed by atoms with Crippen LogP contribution in [0, 0.1) is 21.7 Å². The molecule has 0 radical (unpaired) electrons. The third kappa shape index (κ3) is 7.80. The lowest BCUT2D eigenvalue weighted by Crippen LogP contribution is -2.81. The first-order valence-corrected chi connectivity index (χ1v) is 21.2. The average molecular weight is 889 g/mol. The molecule has 64 heavy (non-hydrogen) atoms. The van der Waals surface area contributed by atoms with E-state index >= 15 is 4.79 Å². The van der Waals surface area contributed by atoms with Crippen molar-refractivity contribution in [3.8, 4) is 5.75 Å². The van der Waals surface area contributed by atoms with E-state index in [4.69, 9.17) is 28.4 Å². The molecule has 2 bridgehead atoms. The van der Waals surface area contributed by atoms with Crippen LogP contribution in [0.25, 0.3) is 0 Å². The number of ketones is 1. The average Bonchev–Trinajstić information content (AvgIpc) is 3.27. The van der Waals surface area contributed by atoms with Crippen molar-refractivity contribution in [3.05, 3.63) is 93.4 Å². The summed E-state index contributed by atoms with van der Waals surface area (Å²) in [5, 5.41) is 30.7. The predicted octanol–water partition coefficient (Wildman–Crippen LogP) is 4.56. The highest BCUT2D eigenvalue weighted by Crippen LogP contribution is 2.65. The zero-order valence-electron chi connectivity index (χ0n) is 37.4. The lowest BCUT2D eigenvalue weighted by Gasteiger charge is -2.67. The highest BCUT2D eigenvalue weighted by Gasteiger charge is 2.79. The topological polar surface area (TPSA) is 240 Å². The standard InChI is InChI=1S/C47H56N2O15/c1-10-24(3)41(55)48-35(27-16-13-12-14-17-27)37(53)43(57)61-30-22-47(49-58)40(63-42(56)28-18-15-19-29(20-28)59-9)38-45(8,39(54)36(52)34(25(30)4)44(47,6)7)31(62-33(51)11-2)21-32-46(38,23-60-32)64-26(5)50/h10,12-20,30-32,35-38,40,52-53H,11,21-23H2,1-9H3,(H,48,55)/b24-10+/t30-,31-,32+,35-,36+,37+,38?,40-,45+,46-,47+/m0/s1. The van der Waals surface area contributed by atoms with Crippen molar-refractivity contribution < 1.29 is 67.4 Å². The Kier molecular flexibility index (Phi) is 13.4. The summed E-state index contributed by atoms with van der Waals surface area (Å²) in [7, 11) is 1.39. The van der Waals surface area contributed by atoms with E-state index in [1.54, 1.807) is 63.2 Å². The molecule has 1 heterocycles. The summed E-state index contributed by atoms with van der Waals surface area (Å²) in [6.45, 7) is 11.5. The smallest absolute Gasteiger partial charge is 0.338 e. The molecule has 2 aromatic rings. The quantitative estimate of drug-likeness (QED) is 0.0822. The van der Waals surface area contributed by atoms with Gasteiger partial charge in [0.05, 0.1) is 36.7 Å². The molecule has 0 spiro atoms. The van der Waals surface area contributed by atoms with E-state index in [1.807, 2.05) is 0 Å². The van der Waals surface area contributed by atoms with E-state index in [-0.39, 0.29) is 41.9 Å². The highest BCUT2D eigenvalue weighted by atomic mass is 16.6. The first kappa shape index (κ1) is 47.7. The second kappa shape index (κ2) is 18.0. The van der Waals surface area contributed by atoms with Gasteiger partial charge in [0.2, 0.25) is 5.91 Å². The lowest BCUT2D eigenvalue weighted by molar-refractivity contribution is -0.337. The summed E-state index contributed by atoms with van der Waals surface area (Å²) < 4.78 is 36.0. The number of methoxy groups -OCH3 is 1. The van der Waals surface area contributed by atoms with Crippen LogP contribution in [-0.2, 0) is 47.7 Å². The van der Waals surface area contributed by atoms with Crippen LogP contribution in [0.4, 0.5) is 0 Å². The number of nitrogens with zero attached hydrogens (tertiary/aromatic N) is 1. The number of carbonyl (C=O) groups is 6. The van der Waals surface area contributed by atoms with Crippen LogP contribution in [0.5, 0.6) is 5.75 Å². The van der Waals surface area contributed by atoms with E-state index in [9.17, 15) is 39.1 Å². The predicted molar refractivity (Wildman–Crippen MR) is 226 cm³/mol. The molecule has 17 nitrogen and oxygen atoms in total. The van der Waals surface area contributed by atoms with Crippen molar-refractivity contribution >= 4 is 35.6 Å². The molecule has 1 aliphatic heterocycles. The van der Waals surface area contributed by atoms with Crippen LogP contribution in [0.1, 0.15) is 96.6 Å². The van der Waals surface area contributed by atoms with Gasteiger partial charge in [-0.15, -0.1) is 0 Å². The van der Waals surface area contributed by atoms with Gasteiger partial charge in [-0.25, -0.2) is 9.59 Å². The first-order chi connectivity index (χ1) is 30.2. The van der Waals surface area contributed by atoms with Gasteiger partial charge in [-0.2, -0.15) is 4.91 Å². The summed E-state index contributed by atoms with van der Waals surface area (Å²) >= 11 is 0. The third-order valence-corrected chi connectivity index (χ3v) is 14.0. The maximum Gasteiger partial charge on any atom is 0.338 e. The number of aliphatic hydroxyl groups excluding tert-OH is 2. The van der Waals surface area contributed by atoms with Gasteiger partial charge in [-0.05, 0) is 62.6 Å². The van der Waals surface area contributed by atoms with Crippen molar-refractivity contribution in [1.29, 1.82) is 0 Å². The minimum absolute atomic E-state index is 0.0444. The summed E-state index contributed by atoms with van der Waals surface area (Å²) in [6, 6.07) is 12.8. The van der Waals surface area contributed by atoms with E-state index in [2.05, 4.69) is 10.5 Å². The number of hydrogen-bond donors (Lipinski definition) is 3. The molecule has 344 valence electrons. The first-order valence-electron chi connectivity index (χ1n) is 21.2. The Bertz CT molecular complexity index is 2270. The zero-order chi connectivity index (χ0) is 47.1. The van der Waals surface area contributed by atoms with Crippen LogP contribution in [0.15, 0.2) is 82.6 Å². The van der Waals surface area contributed by atoms with Crippen LogP contribution < -0.4 is 10.1 Å². The van der Waals surface area contributed by atoms with Crippen molar-refractivity contribution in [3.63, 3.8) is 0 Å². The largest absolute Gasteiger partial charge is 0.497 e. The molecule has 3 N–H and O–H groups in total. The summed E-state index contributed by atoms with van der Waals surface area (Å²) in [5.74, 6) is -6.65. The summed E-state index contributed by atoms with van der Waals surface area (Å²) in [5.41, 5.74) is -7.31. The van der Waals surface area contributed by atoms with Crippen LogP contribution >= 0.6 is 0 Å². The molecule has 1 unspecified atom stereocenters. The molecule has 17 heteroatoms. The fraction of sp³-hybridized carbons (Fsp3) is 0.532. The minimum atomic E-state index is -2.31. The number of allylic oxidation sites excluding steroid dienone is 1. The molecule has 3 aliphatic carbocycles. The monoisotopic (exact) mass is 888 g/mol. The Hall–Kier alpha value is -5.78. The molecule has 11 atom stereocenters. The molecule has 4 aliphatic rings. The van der Waals surface area contributed by atoms with Gasteiger partial charge < -0.3 is 44.0 Å². The van der Waals surface area contributed by atoms with Crippen LogP contribution in [0.2, 0.25) is 0 Å². The molecule has 1 saturated heterocycles.